The average molecular weight is 280 g/mol. The van der Waals surface area contributed by atoms with Crippen molar-refractivity contribution >= 4 is 11.6 Å². The average Bonchev–Trinajstić information content (AvgIpc) is 2.36. The summed E-state index contributed by atoms with van der Waals surface area (Å²) < 4.78 is 0. The fourth-order valence-corrected chi connectivity index (χ4v) is 3.85. The third-order valence-electron chi connectivity index (χ3n) is 4.39. The van der Waals surface area contributed by atoms with Gasteiger partial charge in [0.25, 0.3) is 0 Å². The van der Waals surface area contributed by atoms with Crippen molar-refractivity contribution in [3.05, 3.63) is 34.9 Å². The second-order valence-corrected chi connectivity index (χ2v) is 6.41. The van der Waals surface area contributed by atoms with Gasteiger partial charge in [-0.1, -0.05) is 56.5 Å². The molecule has 0 saturated heterocycles. The van der Waals surface area contributed by atoms with Gasteiger partial charge >= 0.3 is 0 Å². The van der Waals surface area contributed by atoms with Gasteiger partial charge in [0.1, 0.15) is 0 Å². The second-order valence-electron chi connectivity index (χ2n) is 6.00. The normalized spacial score (nSPS) is 26.2. The van der Waals surface area contributed by atoms with Gasteiger partial charge in [0.2, 0.25) is 0 Å². The van der Waals surface area contributed by atoms with Gasteiger partial charge in [-0.25, -0.2) is 0 Å². The largest absolute Gasteiger partial charge is 0.316 e. The van der Waals surface area contributed by atoms with E-state index in [1.165, 1.54) is 37.7 Å². The molecule has 0 amide bonds. The molecule has 1 saturated carbocycles. The number of hydrogen-bond acceptors (Lipinski definition) is 1. The van der Waals surface area contributed by atoms with Crippen LogP contribution in [0.15, 0.2) is 24.3 Å². The van der Waals surface area contributed by atoms with E-state index in [1.54, 1.807) is 0 Å². The van der Waals surface area contributed by atoms with Crippen molar-refractivity contribution in [2.45, 2.75) is 51.4 Å². The zero-order valence-corrected chi connectivity index (χ0v) is 13.0. The highest BCUT2D eigenvalue weighted by molar-refractivity contribution is 6.31. The first-order chi connectivity index (χ1) is 9.22. The van der Waals surface area contributed by atoms with Gasteiger partial charge in [-0.05, 0) is 43.4 Å². The third-order valence-corrected chi connectivity index (χ3v) is 4.72. The fourth-order valence-electron chi connectivity index (χ4n) is 3.51. The molecule has 0 heterocycles. The molecule has 2 rings (SSSR count). The monoisotopic (exact) mass is 279 g/mol. The van der Waals surface area contributed by atoms with Crippen LogP contribution in [0.25, 0.3) is 0 Å². The summed E-state index contributed by atoms with van der Waals surface area (Å²) in [5.74, 6) is 0.893. The van der Waals surface area contributed by atoms with Crippen molar-refractivity contribution in [1.29, 1.82) is 0 Å². The van der Waals surface area contributed by atoms with Gasteiger partial charge in [0.05, 0.1) is 0 Å². The molecular weight excluding hydrogens is 254 g/mol. The molecule has 106 valence electrons. The lowest BCUT2D eigenvalue weighted by molar-refractivity contribution is 0.129. The molecule has 0 spiro atoms. The molecule has 19 heavy (non-hydrogen) atoms. The van der Waals surface area contributed by atoms with E-state index in [2.05, 4.69) is 31.3 Å². The first-order valence-corrected chi connectivity index (χ1v) is 8.05. The van der Waals surface area contributed by atoms with Crippen LogP contribution in [0.5, 0.6) is 0 Å². The SMILES string of the molecule is CCCNCC1(c2ccccc2Cl)CC(CCC)C1. The van der Waals surface area contributed by atoms with Gasteiger partial charge in [0.15, 0.2) is 0 Å². The van der Waals surface area contributed by atoms with Crippen LogP contribution in [0.1, 0.15) is 51.5 Å². The molecule has 1 nitrogen and oxygen atoms in total. The van der Waals surface area contributed by atoms with Crippen molar-refractivity contribution in [2.24, 2.45) is 5.92 Å². The molecule has 0 radical (unpaired) electrons. The molecule has 1 aromatic rings. The molecule has 0 atom stereocenters. The van der Waals surface area contributed by atoms with E-state index in [1.807, 2.05) is 12.1 Å². The molecule has 0 aromatic heterocycles. The highest BCUT2D eigenvalue weighted by Crippen LogP contribution is 2.50. The molecule has 1 aliphatic carbocycles. The molecule has 1 N–H and O–H groups in total. The van der Waals surface area contributed by atoms with Gasteiger partial charge in [-0.2, -0.15) is 0 Å². The summed E-state index contributed by atoms with van der Waals surface area (Å²) in [5.41, 5.74) is 1.64. The first-order valence-electron chi connectivity index (χ1n) is 7.67. The third kappa shape index (κ3) is 3.32. The minimum absolute atomic E-state index is 0.285. The van der Waals surface area contributed by atoms with Gasteiger partial charge < -0.3 is 5.32 Å². The van der Waals surface area contributed by atoms with Crippen LogP contribution in [0.4, 0.5) is 0 Å². The van der Waals surface area contributed by atoms with Gasteiger partial charge in [-0.15, -0.1) is 0 Å². The standard InChI is InChI=1S/C17H26ClN/c1-3-7-14-11-17(12-14,13-19-10-4-2)15-8-5-6-9-16(15)18/h5-6,8-9,14,19H,3-4,7,10-13H2,1-2H3. The quantitative estimate of drug-likeness (QED) is 0.708. The lowest BCUT2D eigenvalue weighted by Crippen LogP contribution is -2.49. The van der Waals surface area contributed by atoms with E-state index in [-0.39, 0.29) is 5.41 Å². The zero-order chi connectivity index (χ0) is 13.7. The highest BCUT2D eigenvalue weighted by atomic mass is 35.5. The fraction of sp³-hybridized carbons (Fsp3) is 0.647. The van der Waals surface area contributed by atoms with Crippen LogP contribution in [-0.4, -0.2) is 13.1 Å². The number of rotatable bonds is 7. The Labute approximate surface area is 122 Å². The smallest absolute Gasteiger partial charge is 0.0444 e. The molecule has 2 heteroatoms. The Kier molecular flexibility index (Phi) is 5.29. The van der Waals surface area contributed by atoms with Crippen LogP contribution in [-0.2, 0) is 5.41 Å². The Hall–Kier alpha value is -0.530. The van der Waals surface area contributed by atoms with Crippen LogP contribution in [0, 0.1) is 5.92 Å². The van der Waals surface area contributed by atoms with Crippen LogP contribution < -0.4 is 5.32 Å². The molecule has 1 aliphatic rings. The zero-order valence-electron chi connectivity index (χ0n) is 12.2. The summed E-state index contributed by atoms with van der Waals surface area (Å²) in [6.07, 6.45) is 6.44. The van der Waals surface area contributed by atoms with Crippen molar-refractivity contribution in [3.8, 4) is 0 Å². The van der Waals surface area contributed by atoms with E-state index in [4.69, 9.17) is 11.6 Å². The number of hydrogen-bond donors (Lipinski definition) is 1. The van der Waals surface area contributed by atoms with E-state index < -0.39 is 0 Å². The molecule has 0 bridgehead atoms. The lowest BCUT2D eigenvalue weighted by Gasteiger charge is -2.49. The predicted octanol–water partition coefficient (Wildman–Crippen LogP) is 4.79. The van der Waals surface area contributed by atoms with E-state index in [0.29, 0.717) is 0 Å². The molecule has 0 aliphatic heterocycles. The summed E-state index contributed by atoms with van der Waals surface area (Å²) in [4.78, 5) is 0. The Bertz CT molecular complexity index is 390. The lowest BCUT2D eigenvalue weighted by atomic mass is 9.57. The van der Waals surface area contributed by atoms with Crippen molar-refractivity contribution < 1.29 is 0 Å². The summed E-state index contributed by atoms with van der Waals surface area (Å²) in [6, 6.07) is 8.40. The Balaban J connectivity index is 2.10. The Morgan fingerprint density at radius 1 is 1.21 bits per heavy atom. The Morgan fingerprint density at radius 3 is 2.58 bits per heavy atom. The van der Waals surface area contributed by atoms with Crippen molar-refractivity contribution in [2.75, 3.05) is 13.1 Å². The van der Waals surface area contributed by atoms with E-state index >= 15 is 0 Å². The van der Waals surface area contributed by atoms with Crippen LogP contribution >= 0.6 is 11.6 Å². The topological polar surface area (TPSA) is 12.0 Å². The van der Waals surface area contributed by atoms with Crippen molar-refractivity contribution in [1.82, 2.24) is 5.32 Å². The molecular formula is C17H26ClN. The number of nitrogens with one attached hydrogen (secondary N) is 1. The Morgan fingerprint density at radius 2 is 1.95 bits per heavy atom. The second kappa shape index (κ2) is 6.76. The van der Waals surface area contributed by atoms with Crippen LogP contribution in [0.3, 0.4) is 0 Å². The summed E-state index contributed by atoms with van der Waals surface area (Å²) in [7, 11) is 0. The maximum Gasteiger partial charge on any atom is 0.0444 e. The minimum atomic E-state index is 0.285. The highest BCUT2D eigenvalue weighted by Gasteiger charge is 2.45. The maximum absolute atomic E-state index is 6.43. The molecule has 0 unspecified atom stereocenters. The maximum atomic E-state index is 6.43. The van der Waals surface area contributed by atoms with Crippen molar-refractivity contribution in [3.63, 3.8) is 0 Å². The summed E-state index contributed by atoms with van der Waals surface area (Å²) in [5, 5.41) is 4.55. The number of benzene rings is 1. The predicted molar refractivity (Wildman–Crippen MR) is 83.9 cm³/mol. The molecule has 1 fully saturated rings. The minimum Gasteiger partial charge on any atom is -0.316 e. The van der Waals surface area contributed by atoms with Gasteiger partial charge in [0, 0.05) is 17.0 Å². The summed E-state index contributed by atoms with van der Waals surface area (Å²) >= 11 is 6.43. The van der Waals surface area contributed by atoms with E-state index in [9.17, 15) is 0 Å². The van der Waals surface area contributed by atoms with E-state index in [0.717, 1.165) is 24.0 Å². The van der Waals surface area contributed by atoms with Crippen LogP contribution in [0.2, 0.25) is 5.02 Å². The summed E-state index contributed by atoms with van der Waals surface area (Å²) in [6.45, 7) is 6.68. The molecule has 1 aromatic carbocycles. The van der Waals surface area contributed by atoms with Gasteiger partial charge in [-0.3, -0.25) is 0 Å². The first kappa shape index (κ1) is 14.9. The number of halogens is 1.